The minimum Gasteiger partial charge on any atom is -0.354 e. The Balaban J connectivity index is 1.23. The number of nitrogens with one attached hydrogen (secondary N) is 1. The van der Waals surface area contributed by atoms with Gasteiger partial charge in [-0.25, -0.2) is 0 Å². The first-order valence-electron chi connectivity index (χ1n) is 9.75. The van der Waals surface area contributed by atoms with Gasteiger partial charge < -0.3 is 5.32 Å². The van der Waals surface area contributed by atoms with Crippen LogP contribution in [0.4, 0.5) is 0 Å². The van der Waals surface area contributed by atoms with Gasteiger partial charge in [0.25, 0.3) is 11.8 Å². The molecule has 4 aliphatic carbocycles. The van der Waals surface area contributed by atoms with E-state index < -0.39 is 0 Å². The molecule has 5 aliphatic rings. The van der Waals surface area contributed by atoms with Gasteiger partial charge in [0.2, 0.25) is 5.91 Å². The van der Waals surface area contributed by atoms with Crippen LogP contribution in [0.5, 0.6) is 0 Å². The molecule has 0 spiro atoms. The van der Waals surface area contributed by atoms with Gasteiger partial charge in [-0.15, -0.1) is 0 Å². The van der Waals surface area contributed by atoms with Crippen LogP contribution < -0.4 is 5.32 Å². The third-order valence-electron chi connectivity index (χ3n) is 7.01. The van der Waals surface area contributed by atoms with E-state index in [4.69, 9.17) is 0 Å². The summed E-state index contributed by atoms with van der Waals surface area (Å²) in [7, 11) is 0. The number of imide groups is 1. The molecule has 4 bridgehead atoms. The van der Waals surface area contributed by atoms with E-state index in [0.717, 1.165) is 22.7 Å². The van der Waals surface area contributed by atoms with Crippen LogP contribution in [0.15, 0.2) is 24.3 Å². The van der Waals surface area contributed by atoms with Crippen LogP contribution in [0.25, 0.3) is 0 Å². The second-order valence-corrected chi connectivity index (χ2v) is 8.94. The molecule has 1 aromatic carbocycles. The van der Waals surface area contributed by atoms with E-state index >= 15 is 0 Å². The zero-order valence-electron chi connectivity index (χ0n) is 14.9. The van der Waals surface area contributed by atoms with E-state index in [1.54, 1.807) is 24.3 Å². The third-order valence-corrected chi connectivity index (χ3v) is 7.01. The average molecular weight is 352 g/mol. The highest BCUT2D eigenvalue weighted by Crippen LogP contribution is 2.59. The Labute approximate surface area is 153 Å². The van der Waals surface area contributed by atoms with Gasteiger partial charge in [0.05, 0.1) is 11.1 Å². The van der Waals surface area contributed by atoms with Crippen LogP contribution in [0.1, 0.15) is 59.2 Å². The molecule has 3 amide bonds. The minimum absolute atomic E-state index is 0.182. The zero-order chi connectivity index (χ0) is 17.9. The van der Waals surface area contributed by atoms with Crippen LogP contribution in [0.2, 0.25) is 0 Å². The van der Waals surface area contributed by atoms with Crippen LogP contribution >= 0.6 is 0 Å². The summed E-state index contributed by atoms with van der Waals surface area (Å²) in [5.74, 6) is 1.57. The minimum atomic E-state index is -0.365. The SMILES string of the molecule is O=C(CN1C(=O)c2ccccc2C1=O)NCC12CC3CC(CC(C3)C1)C2. The van der Waals surface area contributed by atoms with E-state index in [1.807, 2.05) is 0 Å². The van der Waals surface area contributed by atoms with Crippen molar-refractivity contribution in [2.45, 2.75) is 38.5 Å². The molecule has 4 saturated carbocycles. The Hall–Kier alpha value is -2.17. The van der Waals surface area contributed by atoms with Gasteiger partial charge in [-0.3, -0.25) is 19.3 Å². The van der Waals surface area contributed by atoms with Crippen molar-refractivity contribution in [3.63, 3.8) is 0 Å². The van der Waals surface area contributed by atoms with Crippen LogP contribution in [0.3, 0.4) is 0 Å². The van der Waals surface area contributed by atoms with E-state index in [-0.39, 0.29) is 29.7 Å². The van der Waals surface area contributed by atoms with Crippen LogP contribution in [-0.4, -0.2) is 35.7 Å². The highest BCUT2D eigenvalue weighted by atomic mass is 16.2. The predicted molar refractivity (Wildman–Crippen MR) is 95.4 cm³/mol. The van der Waals surface area contributed by atoms with Crippen molar-refractivity contribution in [2.24, 2.45) is 23.2 Å². The highest BCUT2D eigenvalue weighted by Gasteiger charge is 2.50. The summed E-state index contributed by atoms with van der Waals surface area (Å²) >= 11 is 0. The van der Waals surface area contributed by atoms with E-state index in [0.29, 0.717) is 17.7 Å². The fourth-order valence-corrected chi connectivity index (χ4v) is 6.37. The number of carbonyl (C=O) groups excluding carboxylic acids is 3. The van der Waals surface area contributed by atoms with Gasteiger partial charge in [-0.05, 0) is 73.8 Å². The van der Waals surface area contributed by atoms with E-state index in [9.17, 15) is 14.4 Å². The molecule has 136 valence electrons. The lowest BCUT2D eigenvalue weighted by Gasteiger charge is -2.56. The number of fused-ring (bicyclic) bond motifs is 1. The Bertz CT molecular complexity index is 730. The molecular formula is C21H24N2O3. The van der Waals surface area contributed by atoms with Crippen molar-refractivity contribution in [3.05, 3.63) is 35.4 Å². The first-order chi connectivity index (χ1) is 12.5. The largest absolute Gasteiger partial charge is 0.354 e. The monoisotopic (exact) mass is 352 g/mol. The average Bonchev–Trinajstić information content (AvgIpc) is 2.84. The predicted octanol–water partition coefficient (Wildman–Crippen LogP) is 2.62. The second-order valence-electron chi connectivity index (χ2n) is 8.94. The van der Waals surface area contributed by atoms with Gasteiger partial charge >= 0.3 is 0 Å². The number of nitrogens with zero attached hydrogens (tertiary/aromatic N) is 1. The quantitative estimate of drug-likeness (QED) is 0.847. The molecule has 26 heavy (non-hydrogen) atoms. The van der Waals surface area contributed by atoms with Gasteiger partial charge in [0.15, 0.2) is 0 Å². The fourth-order valence-electron chi connectivity index (χ4n) is 6.37. The lowest BCUT2D eigenvalue weighted by atomic mass is 9.49. The summed E-state index contributed by atoms with van der Waals surface area (Å²) in [6.07, 6.45) is 7.82. The summed E-state index contributed by atoms with van der Waals surface area (Å²) in [5, 5.41) is 3.05. The molecule has 1 heterocycles. The normalized spacial score (nSPS) is 34.3. The fraction of sp³-hybridized carbons (Fsp3) is 0.571. The van der Waals surface area contributed by atoms with E-state index in [2.05, 4.69) is 5.32 Å². The summed E-state index contributed by atoms with van der Waals surface area (Å²) in [5.41, 5.74) is 1.05. The van der Waals surface area contributed by atoms with Crippen LogP contribution in [-0.2, 0) is 4.79 Å². The summed E-state index contributed by atoms with van der Waals surface area (Å²) in [6, 6.07) is 6.76. The molecule has 0 atom stereocenters. The maximum Gasteiger partial charge on any atom is 0.262 e. The molecule has 6 rings (SSSR count). The molecule has 1 aliphatic heterocycles. The van der Waals surface area contributed by atoms with Crippen molar-refractivity contribution in [3.8, 4) is 0 Å². The summed E-state index contributed by atoms with van der Waals surface area (Å²) in [6.45, 7) is 0.511. The van der Waals surface area contributed by atoms with Crippen molar-refractivity contribution in [1.29, 1.82) is 0 Å². The number of amides is 3. The van der Waals surface area contributed by atoms with Crippen molar-refractivity contribution in [1.82, 2.24) is 10.2 Å². The summed E-state index contributed by atoms with van der Waals surface area (Å²) < 4.78 is 0. The molecule has 4 fully saturated rings. The standard InChI is InChI=1S/C21H24N2O3/c24-18(11-23-19(25)16-3-1-2-4-17(16)20(23)26)22-12-21-8-13-5-14(9-21)7-15(6-13)10-21/h1-4,13-15H,5-12H2,(H,22,24). The molecule has 0 saturated heterocycles. The Morgan fingerprint density at radius 2 is 1.46 bits per heavy atom. The molecule has 5 heteroatoms. The Morgan fingerprint density at radius 1 is 0.962 bits per heavy atom. The Morgan fingerprint density at radius 3 is 1.96 bits per heavy atom. The maximum absolute atomic E-state index is 12.5. The smallest absolute Gasteiger partial charge is 0.262 e. The van der Waals surface area contributed by atoms with Gasteiger partial charge in [-0.2, -0.15) is 0 Å². The van der Waals surface area contributed by atoms with Gasteiger partial charge in [0.1, 0.15) is 6.54 Å². The third kappa shape index (κ3) is 2.48. The second kappa shape index (κ2) is 5.66. The highest BCUT2D eigenvalue weighted by molar-refractivity contribution is 6.22. The number of hydrogen-bond acceptors (Lipinski definition) is 3. The summed E-state index contributed by atoms with van der Waals surface area (Å²) in [4.78, 5) is 38.3. The molecule has 1 aromatic rings. The number of benzene rings is 1. The van der Waals surface area contributed by atoms with E-state index in [1.165, 1.54) is 38.5 Å². The van der Waals surface area contributed by atoms with Crippen molar-refractivity contribution in [2.75, 3.05) is 13.1 Å². The van der Waals surface area contributed by atoms with Crippen molar-refractivity contribution >= 4 is 17.7 Å². The first kappa shape index (κ1) is 16.0. The lowest BCUT2D eigenvalue weighted by Crippen LogP contribution is -2.52. The molecule has 0 aromatic heterocycles. The maximum atomic E-state index is 12.5. The van der Waals surface area contributed by atoms with Gasteiger partial charge in [0, 0.05) is 6.54 Å². The first-order valence-corrected chi connectivity index (χ1v) is 9.75. The van der Waals surface area contributed by atoms with Crippen molar-refractivity contribution < 1.29 is 14.4 Å². The topological polar surface area (TPSA) is 66.5 Å². The Kier molecular flexibility index (Phi) is 3.49. The number of carbonyl (C=O) groups is 3. The zero-order valence-corrected chi connectivity index (χ0v) is 14.9. The molecule has 5 nitrogen and oxygen atoms in total. The lowest BCUT2D eigenvalue weighted by molar-refractivity contribution is -0.123. The molecular weight excluding hydrogens is 328 g/mol. The van der Waals surface area contributed by atoms with Gasteiger partial charge in [-0.1, -0.05) is 12.1 Å². The van der Waals surface area contributed by atoms with Crippen LogP contribution in [0, 0.1) is 23.2 Å². The number of rotatable bonds is 4. The molecule has 0 unspecified atom stereocenters. The molecule has 0 radical (unpaired) electrons. The molecule has 1 N–H and O–H groups in total. The number of hydrogen-bond donors (Lipinski definition) is 1.